The van der Waals surface area contributed by atoms with Crippen LogP contribution in [0.25, 0.3) is 0 Å². The Morgan fingerprint density at radius 3 is 2.54 bits per heavy atom. The van der Waals surface area contributed by atoms with Crippen molar-refractivity contribution in [2.24, 2.45) is 5.84 Å². The molecule has 0 unspecified atom stereocenters. The van der Waals surface area contributed by atoms with Crippen LogP contribution in [0, 0.1) is 0 Å². The van der Waals surface area contributed by atoms with E-state index in [2.05, 4.69) is 21.4 Å². The van der Waals surface area contributed by atoms with Gasteiger partial charge < -0.3 is 5.43 Å². The van der Waals surface area contributed by atoms with Crippen LogP contribution >= 0.6 is 15.9 Å². The number of benzene rings is 1. The van der Waals surface area contributed by atoms with Gasteiger partial charge in [0.1, 0.15) is 4.90 Å². The fraction of sp³-hybridized carbons (Fsp3) is 0. The minimum atomic E-state index is -4.21. The zero-order chi connectivity index (χ0) is 10.1. The van der Waals surface area contributed by atoms with Crippen molar-refractivity contribution in [3.63, 3.8) is 0 Å². The number of hydrogen-bond donors (Lipinski definition) is 3. The Morgan fingerprint density at radius 2 is 2.08 bits per heavy atom. The van der Waals surface area contributed by atoms with Crippen LogP contribution in [0.4, 0.5) is 5.69 Å². The molecule has 0 fully saturated rings. The Labute approximate surface area is 83.8 Å². The molecule has 0 heterocycles. The number of hydrazine groups is 1. The molecule has 13 heavy (non-hydrogen) atoms. The molecule has 0 saturated heterocycles. The van der Waals surface area contributed by atoms with Crippen molar-refractivity contribution in [1.29, 1.82) is 0 Å². The predicted molar refractivity (Wildman–Crippen MR) is 51.8 cm³/mol. The number of nitrogens with two attached hydrogens (primary N) is 1. The molecule has 0 radical (unpaired) electrons. The lowest BCUT2D eigenvalue weighted by Crippen LogP contribution is -2.08. The largest absolute Gasteiger partial charge is 0.324 e. The van der Waals surface area contributed by atoms with Crippen molar-refractivity contribution < 1.29 is 13.0 Å². The molecule has 4 N–H and O–H groups in total. The molecule has 7 heteroatoms. The molecule has 1 aromatic carbocycles. The van der Waals surface area contributed by atoms with Crippen LogP contribution in [-0.2, 0) is 10.1 Å². The highest BCUT2D eigenvalue weighted by atomic mass is 79.9. The molecular formula is C6H7BrN2O3S. The molecule has 0 atom stereocenters. The van der Waals surface area contributed by atoms with Crippen LogP contribution in [0.3, 0.4) is 0 Å². The normalized spacial score (nSPS) is 11.3. The van der Waals surface area contributed by atoms with Gasteiger partial charge in [-0.15, -0.1) is 0 Å². The summed E-state index contributed by atoms with van der Waals surface area (Å²) in [7, 11) is -4.21. The SMILES string of the molecule is NNc1ccc(Br)c(S(=O)(=O)O)c1. The fourth-order valence-corrected chi connectivity index (χ4v) is 2.24. The highest BCUT2D eigenvalue weighted by molar-refractivity contribution is 9.10. The first-order chi connectivity index (χ1) is 5.95. The lowest BCUT2D eigenvalue weighted by atomic mass is 10.3. The van der Waals surface area contributed by atoms with Crippen LogP contribution in [-0.4, -0.2) is 13.0 Å². The lowest BCUT2D eigenvalue weighted by molar-refractivity contribution is 0.482. The van der Waals surface area contributed by atoms with Gasteiger partial charge in [0.15, 0.2) is 0 Å². The Morgan fingerprint density at radius 1 is 1.46 bits per heavy atom. The van der Waals surface area contributed by atoms with E-state index < -0.39 is 10.1 Å². The van der Waals surface area contributed by atoms with E-state index in [0.29, 0.717) is 5.69 Å². The van der Waals surface area contributed by atoms with E-state index in [4.69, 9.17) is 10.4 Å². The maximum absolute atomic E-state index is 10.8. The highest BCUT2D eigenvalue weighted by Gasteiger charge is 2.14. The number of nitrogen functional groups attached to an aromatic ring is 1. The summed E-state index contributed by atoms with van der Waals surface area (Å²) in [6, 6.07) is 4.26. The summed E-state index contributed by atoms with van der Waals surface area (Å²) in [6.07, 6.45) is 0. The molecule has 5 nitrogen and oxygen atoms in total. The van der Waals surface area contributed by atoms with E-state index in [1.54, 1.807) is 6.07 Å². The van der Waals surface area contributed by atoms with Crippen LogP contribution in [0.15, 0.2) is 27.6 Å². The summed E-state index contributed by atoms with van der Waals surface area (Å²) in [4.78, 5) is -0.219. The molecule has 72 valence electrons. The summed E-state index contributed by atoms with van der Waals surface area (Å²) >= 11 is 2.99. The summed E-state index contributed by atoms with van der Waals surface area (Å²) in [5, 5.41) is 0. The summed E-state index contributed by atoms with van der Waals surface area (Å²) < 4.78 is 30.6. The molecule has 1 rings (SSSR count). The zero-order valence-electron chi connectivity index (χ0n) is 6.36. The monoisotopic (exact) mass is 266 g/mol. The van der Waals surface area contributed by atoms with Gasteiger partial charge in [0, 0.05) is 10.2 Å². The van der Waals surface area contributed by atoms with Crippen molar-refractivity contribution >= 4 is 31.7 Å². The number of hydrogen-bond acceptors (Lipinski definition) is 4. The third-order valence-corrected chi connectivity index (χ3v) is 3.22. The van der Waals surface area contributed by atoms with Crippen molar-refractivity contribution in [2.45, 2.75) is 4.90 Å². The first-order valence-electron chi connectivity index (χ1n) is 3.19. The number of anilines is 1. The van der Waals surface area contributed by atoms with Gasteiger partial charge in [-0.05, 0) is 34.1 Å². The fourth-order valence-electron chi connectivity index (χ4n) is 0.791. The molecule has 0 aliphatic heterocycles. The van der Waals surface area contributed by atoms with Crippen molar-refractivity contribution in [3.8, 4) is 0 Å². The van der Waals surface area contributed by atoms with Crippen LogP contribution in [0.1, 0.15) is 0 Å². The molecule has 0 aliphatic rings. The van der Waals surface area contributed by atoms with E-state index in [1.165, 1.54) is 12.1 Å². The predicted octanol–water partition coefficient (Wildman–Crippen LogP) is 0.981. The van der Waals surface area contributed by atoms with Gasteiger partial charge >= 0.3 is 0 Å². The first-order valence-corrected chi connectivity index (χ1v) is 5.42. The standard InChI is InChI=1S/C6H7BrN2O3S/c7-5-2-1-4(9-8)3-6(5)13(10,11)12/h1-3,9H,8H2,(H,10,11,12). The number of rotatable bonds is 2. The van der Waals surface area contributed by atoms with Gasteiger partial charge in [0.25, 0.3) is 10.1 Å². The van der Waals surface area contributed by atoms with Crippen LogP contribution in [0.2, 0.25) is 0 Å². The Balaban J connectivity index is 3.36. The number of halogens is 1. The minimum Gasteiger partial charge on any atom is -0.324 e. The Hall–Kier alpha value is -0.630. The number of nitrogens with one attached hydrogen (secondary N) is 1. The summed E-state index contributed by atoms with van der Waals surface area (Å²) in [5.41, 5.74) is 2.67. The molecule has 1 aromatic rings. The van der Waals surface area contributed by atoms with Gasteiger partial charge in [-0.3, -0.25) is 10.4 Å². The average Bonchev–Trinajstić information content (AvgIpc) is 2.03. The molecule has 0 bridgehead atoms. The molecule has 0 saturated carbocycles. The smallest absolute Gasteiger partial charge is 0.295 e. The zero-order valence-corrected chi connectivity index (χ0v) is 8.76. The third-order valence-electron chi connectivity index (χ3n) is 1.38. The summed E-state index contributed by atoms with van der Waals surface area (Å²) in [6.45, 7) is 0. The van der Waals surface area contributed by atoms with Gasteiger partial charge in [-0.1, -0.05) is 0 Å². The molecule has 0 amide bonds. The molecule has 0 aliphatic carbocycles. The molecule has 0 aromatic heterocycles. The second kappa shape index (κ2) is 3.62. The third kappa shape index (κ3) is 2.41. The van der Waals surface area contributed by atoms with Crippen LogP contribution in [0.5, 0.6) is 0 Å². The Bertz CT molecular complexity index is 418. The highest BCUT2D eigenvalue weighted by Crippen LogP contribution is 2.24. The van der Waals surface area contributed by atoms with Crippen molar-refractivity contribution in [3.05, 3.63) is 22.7 Å². The topological polar surface area (TPSA) is 92.4 Å². The molecular weight excluding hydrogens is 260 g/mol. The van der Waals surface area contributed by atoms with Gasteiger partial charge in [-0.25, -0.2) is 0 Å². The van der Waals surface area contributed by atoms with Gasteiger partial charge in [0.05, 0.1) is 0 Å². The van der Waals surface area contributed by atoms with E-state index in [9.17, 15) is 8.42 Å². The van der Waals surface area contributed by atoms with Crippen molar-refractivity contribution in [2.75, 3.05) is 5.43 Å². The van der Waals surface area contributed by atoms with Gasteiger partial charge in [-0.2, -0.15) is 8.42 Å². The molecule has 0 spiro atoms. The quantitative estimate of drug-likeness (QED) is 0.422. The second-order valence-corrected chi connectivity index (χ2v) is 4.51. The first kappa shape index (κ1) is 10.5. The lowest BCUT2D eigenvalue weighted by Gasteiger charge is -2.03. The van der Waals surface area contributed by atoms with E-state index in [0.717, 1.165) is 0 Å². The van der Waals surface area contributed by atoms with Gasteiger partial charge in [0.2, 0.25) is 0 Å². The Kier molecular flexibility index (Phi) is 2.91. The summed E-state index contributed by atoms with van der Waals surface area (Å²) in [5.74, 6) is 5.07. The van der Waals surface area contributed by atoms with Crippen LogP contribution < -0.4 is 11.3 Å². The van der Waals surface area contributed by atoms with E-state index >= 15 is 0 Å². The maximum Gasteiger partial charge on any atom is 0.295 e. The minimum absolute atomic E-state index is 0.219. The maximum atomic E-state index is 10.8. The second-order valence-electron chi connectivity index (χ2n) is 2.26. The average molecular weight is 267 g/mol. The van der Waals surface area contributed by atoms with E-state index in [-0.39, 0.29) is 9.37 Å². The van der Waals surface area contributed by atoms with Crippen molar-refractivity contribution in [1.82, 2.24) is 0 Å². The van der Waals surface area contributed by atoms with E-state index in [1.807, 2.05) is 0 Å².